The predicted molar refractivity (Wildman–Crippen MR) is 152 cm³/mol. The van der Waals surface area contributed by atoms with Crippen LogP contribution in [-0.4, -0.2) is 44.2 Å². The molecule has 3 heterocycles. The Morgan fingerprint density at radius 1 is 1.15 bits per heavy atom. The van der Waals surface area contributed by atoms with Gasteiger partial charge in [-0.3, -0.25) is 9.97 Å². The Balaban J connectivity index is 1.50. The number of carboxylic acid groups (broad SMARTS) is 1. The minimum absolute atomic E-state index is 0.0707. The van der Waals surface area contributed by atoms with Gasteiger partial charge in [0.25, 0.3) is 0 Å². The molecule has 0 bridgehead atoms. The fraction of sp³-hybridized carbons (Fsp3) is 0.200. The van der Waals surface area contributed by atoms with Crippen molar-refractivity contribution in [3.63, 3.8) is 0 Å². The van der Waals surface area contributed by atoms with Crippen molar-refractivity contribution in [1.29, 1.82) is 0 Å². The van der Waals surface area contributed by atoms with Gasteiger partial charge < -0.3 is 25.9 Å². The maximum absolute atomic E-state index is 14.7. The van der Waals surface area contributed by atoms with Gasteiger partial charge in [-0.2, -0.15) is 0 Å². The normalized spacial score (nSPS) is 11.9. The van der Waals surface area contributed by atoms with E-state index in [9.17, 15) is 14.3 Å². The van der Waals surface area contributed by atoms with Gasteiger partial charge >= 0.3 is 5.97 Å². The molecule has 0 fully saturated rings. The van der Waals surface area contributed by atoms with Crippen molar-refractivity contribution in [2.45, 2.75) is 20.4 Å². The number of halogens is 1. The summed E-state index contributed by atoms with van der Waals surface area (Å²) in [6.45, 7) is 5.10. The first-order valence-electron chi connectivity index (χ1n) is 12.8. The first-order chi connectivity index (χ1) is 19.3. The van der Waals surface area contributed by atoms with E-state index in [4.69, 9.17) is 15.5 Å². The van der Waals surface area contributed by atoms with Crippen LogP contribution >= 0.6 is 0 Å². The monoisotopic (exact) mass is 540 g/mol. The smallest absolute Gasteiger partial charge is 0.338 e. The van der Waals surface area contributed by atoms with Crippen molar-refractivity contribution in [2.24, 2.45) is 11.7 Å². The minimum Gasteiger partial charge on any atom is -0.492 e. The van der Waals surface area contributed by atoms with Crippen LogP contribution in [0, 0.1) is 18.7 Å². The average molecular weight is 541 g/mol. The van der Waals surface area contributed by atoms with Crippen LogP contribution in [0.25, 0.3) is 33.5 Å². The maximum atomic E-state index is 14.7. The molecule has 0 aliphatic heterocycles. The molecule has 1 atom stereocenters. The summed E-state index contributed by atoms with van der Waals surface area (Å²) in [6, 6.07) is 17.7. The number of carboxylic acids is 1. The van der Waals surface area contributed by atoms with Crippen molar-refractivity contribution >= 4 is 22.6 Å². The van der Waals surface area contributed by atoms with Gasteiger partial charge in [-0.1, -0.05) is 25.1 Å². The molecule has 0 saturated carbocycles. The molecule has 40 heavy (non-hydrogen) atoms. The topological polar surface area (TPSA) is 139 Å². The molecule has 0 unspecified atom stereocenters. The second-order valence-corrected chi connectivity index (χ2v) is 9.63. The van der Waals surface area contributed by atoms with Crippen molar-refractivity contribution in [1.82, 2.24) is 19.9 Å². The average Bonchev–Trinajstić information content (AvgIpc) is 3.39. The number of aromatic amines is 1. The van der Waals surface area contributed by atoms with Crippen LogP contribution in [0.5, 0.6) is 5.75 Å². The van der Waals surface area contributed by atoms with Gasteiger partial charge in [-0.15, -0.1) is 0 Å². The molecular weight excluding hydrogens is 511 g/mol. The second-order valence-electron chi connectivity index (χ2n) is 9.63. The van der Waals surface area contributed by atoms with E-state index < -0.39 is 17.3 Å². The number of fused-ring (bicyclic) bond motifs is 1. The number of aromatic nitrogens is 4. The lowest BCUT2D eigenvalue weighted by Crippen LogP contribution is -2.18. The van der Waals surface area contributed by atoms with Crippen LogP contribution in [0.15, 0.2) is 66.9 Å². The number of hydrogen-bond acceptors (Lipinski definition) is 7. The van der Waals surface area contributed by atoms with Gasteiger partial charge in [-0.05, 0) is 55.9 Å². The zero-order valence-corrected chi connectivity index (χ0v) is 22.1. The number of anilines is 1. The van der Waals surface area contributed by atoms with E-state index in [1.807, 2.05) is 56.3 Å². The molecule has 2 aromatic carbocycles. The number of hydrogen-bond donors (Lipinski definition) is 4. The van der Waals surface area contributed by atoms with Gasteiger partial charge in [-0.25, -0.2) is 14.2 Å². The van der Waals surface area contributed by atoms with Crippen LogP contribution in [0.2, 0.25) is 0 Å². The first-order valence-corrected chi connectivity index (χ1v) is 12.8. The highest BCUT2D eigenvalue weighted by atomic mass is 19.1. The number of H-pyrrole nitrogens is 1. The number of ether oxygens (including phenoxy) is 1. The molecule has 0 radical (unpaired) electrons. The second kappa shape index (κ2) is 11.5. The molecular formula is C30H29FN6O3. The summed E-state index contributed by atoms with van der Waals surface area (Å²) in [7, 11) is 0. The Labute approximate surface area is 230 Å². The third-order valence-electron chi connectivity index (χ3n) is 6.44. The molecule has 0 aliphatic rings. The van der Waals surface area contributed by atoms with Crippen molar-refractivity contribution in [3.8, 4) is 28.4 Å². The molecule has 0 spiro atoms. The van der Waals surface area contributed by atoms with E-state index in [0.717, 1.165) is 22.2 Å². The zero-order valence-electron chi connectivity index (χ0n) is 22.1. The summed E-state index contributed by atoms with van der Waals surface area (Å²) in [6.07, 6.45) is 1.70. The standard InChI is InChI=1S/C30H29FN6O3/c1-17(13-32)16-40-21-12-20-11-19(9-10-23(20)33-14-21)28-29(25-8-3-5-18(2)35-25)37-26(36-28)15-34-24-7-4-6-22(27(24)31)30(38)39/h3-12,14,17,34H,13,15-16,32H2,1-2H3,(H,36,37)(H,38,39)/t17-/m0/s1. The molecule has 5 N–H and O–H groups in total. The molecule has 0 amide bonds. The number of nitrogens with zero attached hydrogens (tertiary/aromatic N) is 3. The Morgan fingerprint density at radius 2 is 1.98 bits per heavy atom. The van der Waals surface area contributed by atoms with Crippen molar-refractivity contribution in [2.75, 3.05) is 18.5 Å². The Bertz CT molecular complexity index is 1690. The first kappa shape index (κ1) is 26.8. The van der Waals surface area contributed by atoms with Gasteiger partial charge in [0.05, 0.1) is 53.2 Å². The van der Waals surface area contributed by atoms with E-state index in [1.165, 1.54) is 18.2 Å². The molecule has 3 aromatic heterocycles. The summed E-state index contributed by atoms with van der Waals surface area (Å²) in [5, 5.41) is 13.1. The Hall–Kier alpha value is -4.83. The Morgan fingerprint density at radius 3 is 2.75 bits per heavy atom. The number of nitrogens with two attached hydrogens (primary N) is 1. The number of aryl methyl sites for hydroxylation is 1. The van der Waals surface area contributed by atoms with E-state index in [-0.39, 0.29) is 18.2 Å². The summed E-state index contributed by atoms with van der Waals surface area (Å²) in [5.74, 6) is -0.754. The van der Waals surface area contributed by atoms with Crippen LogP contribution < -0.4 is 15.8 Å². The van der Waals surface area contributed by atoms with Gasteiger partial charge in [0, 0.05) is 22.6 Å². The summed E-state index contributed by atoms with van der Waals surface area (Å²) in [5.41, 5.74) is 9.95. The van der Waals surface area contributed by atoms with Gasteiger partial charge in [0.15, 0.2) is 5.82 Å². The fourth-order valence-corrected chi connectivity index (χ4v) is 4.24. The highest BCUT2D eigenvalue weighted by Crippen LogP contribution is 2.32. The van der Waals surface area contributed by atoms with E-state index in [1.54, 1.807) is 6.20 Å². The van der Waals surface area contributed by atoms with Crippen molar-refractivity contribution < 1.29 is 19.0 Å². The third-order valence-corrected chi connectivity index (χ3v) is 6.44. The van der Waals surface area contributed by atoms with Gasteiger partial charge in [0.1, 0.15) is 11.6 Å². The lowest BCUT2D eigenvalue weighted by atomic mass is 10.1. The number of nitrogens with one attached hydrogen (secondary N) is 2. The molecule has 5 aromatic rings. The lowest BCUT2D eigenvalue weighted by Gasteiger charge is -2.11. The van der Waals surface area contributed by atoms with Crippen LogP contribution in [0.3, 0.4) is 0 Å². The molecule has 10 heteroatoms. The summed E-state index contributed by atoms with van der Waals surface area (Å²) < 4.78 is 20.6. The molecule has 5 rings (SSSR count). The molecule has 9 nitrogen and oxygen atoms in total. The minimum atomic E-state index is -1.33. The lowest BCUT2D eigenvalue weighted by molar-refractivity contribution is 0.0692. The molecule has 0 saturated heterocycles. The maximum Gasteiger partial charge on any atom is 0.338 e. The highest BCUT2D eigenvalue weighted by Gasteiger charge is 2.18. The number of rotatable bonds is 10. The summed E-state index contributed by atoms with van der Waals surface area (Å²) in [4.78, 5) is 28.7. The van der Waals surface area contributed by atoms with Crippen LogP contribution in [-0.2, 0) is 6.54 Å². The number of carbonyl (C=O) groups is 1. The number of benzene rings is 2. The van der Waals surface area contributed by atoms with Crippen LogP contribution in [0.4, 0.5) is 10.1 Å². The Kier molecular flexibility index (Phi) is 7.70. The summed E-state index contributed by atoms with van der Waals surface area (Å²) >= 11 is 0. The number of aromatic carboxylic acids is 1. The van der Waals surface area contributed by atoms with E-state index in [0.29, 0.717) is 41.8 Å². The largest absolute Gasteiger partial charge is 0.492 e. The van der Waals surface area contributed by atoms with E-state index >= 15 is 0 Å². The SMILES string of the molecule is Cc1cccc(-c2[nH]c(CNc3cccc(C(=O)O)c3F)nc2-c2ccc3ncc(OC[C@@H](C)CN)cc3c2)n1. The zero-order chi connectivity index (χ0) is 28.2. The third kappa shape index (κ3) is 5.76. The highest BCUT2D eigenvalue weighted by molar-refractivity contribution is 5.89. The predicted octanol–water partition coefficient (Wildman–Crippen LogP) is 5.42. The molecule has 204 valence electrons. The quantitative estimate of drug-likeness (QED) is 0.184. The molecule has 0 aliphatic carbocycles. The fourth-order valence-electron chi connectivity index (χ4n) is 4.24. The number of pyridine rings is 2. The van der Waals surface area contributed by atoms with Gasteiger partial charge in [0.2, 0.25) is 0 Å². The van der Waals surface area contributed by atoms with E-state index in [2.05, 4.69) is 20.3 Å². The number of imidazole rings is 1. The van der Waals surface area contributed by atoms with Crippen molar-refractivity contribution in [3.05, 3.63) is 89.8 Å². The van der Waals surface area contributed by atoms with Crippen LogP contribution in [0.1, 0.15) is 28.8 Å².